The first-order valence-corrected chi connectivity index (χ1v) is 7.08. The average Bonchev–Trinajstić information content (AvgIpc) is 2.93. The Morgan fingerprint density at radius 3 is 2.60 bits per heavy atom. The Morgan fingerprint density at radius 1 is 0.950 bits per heavy atom. The Bertz CT molecular complexity index is 794. The van der Waals surface area contributed by atoms with Crippen LogP contribution in [0.15, 0.2) is 48.5 Å². The lowest BCUT2D eigenvalue weighted by Crippen LogP contribution is -2.00. The fraction of sp³-hybridized carbons (Fsp3) is 0.118. The highest BCUT2D eigenvalue weighted by atomic mass is 35.5. The predicted molar refractivity (Wildman–Crippen MR) is 82.7 cm³/mol. The molecule has 2 aromatic carbocycles. The van der Waals surface area contributed by atoms with E-state index in [1.807, 2.05) is 18.2 Å². The first-order chi connectivity index (χ1) is 9.83. The van der Waals surface area contributed by atoms with Crippen molar-refractivity contribution in [3.63, 3.8) is 0 Å². The third-order valence-electron chi connectivity index (χ3n) is 3.81. The van der Waals surface area contributed by atoms with Gasteiger partial charge in [-0.25, -0.2) is 0 Å². The summed E-state index contributed by atoms with van der Waals surface area (Å²) < 4.78 is 0. The second-order valence-electron chi connectivity index (χ2n) is 5.04. The number of benzene rings is 2. The molecule has 0 bridgehead atoms. The van der Waals surface area contributed by atoms with Gasteiger partial charge >= 0.3 is 0 Å². The highest BCUT2D eigenvalue weighted by molar-refractivity contribution is 6.30. The van der Waals surface area contributed by atoms with Crippen LogP contribution in [-0.4, -0.2) is 4.98 Å². The van der Waals surface area contributed by atoms with Crippen molar-refractivity contribution in [1.82, 2.24) is 10.3 Å². The maximum absolute atomic E-state index is 6.01. The molecule has 0 saturated carbocycles. The lowest BCUT2D eigenvalue weighted by atomic mass is 9.95. The molecule has 2 nitrogen and oxygen atoms in total. The summed E-state index contributed by atoms with van der Waals surface area (Å²) in [5, 5.41) is 5.37. The van der Waals surface area contributed by atoms with Gasteiger partial charge in [0.05, 0.1) is 11.2 Å². The molecule has 0 spiro atoms. The molecular formula is C17H13ClN2. The summed E-state index contributed by atoms with van der Waals surface area (Å²) in [5.41, 5.74) is 6.01. The van der Waals surface area contributed by atoms with Crippen molar-refractivity contribution in [3.8, 4) is 11.1 Å². The van der Waals surface area contributed by atoms with Crippen LogP contribution in [0, 0.1) is 0 Å². The Hall–Kier alpha value is -1.90. The molecule has 0 amide bonds. The van der Waals surface area contributed by atoms with E-state index in [0.717, 1.165) is 29.3 Å². The van der Waals surface area contributed by atoms with Crippen molar-refractivity contribution in [1.29, 1.82) is 0 Å². The van der Waals surface area contributed by atoms with E-state index in [2.05, 4.69) is 35.6 Å². The Morgan fingerprint density at radius 2 is 1.75 bits per heavy atom. The van der Waals surface area contributed by atoms with Gasteiger partial charge in [-0.05, 0) is 34.9 Å². The zero-order valence-corrected chi connectivity index (χ0v) is 11.6. The zero-order chi connectivity index (χ0) is 13.5. The second kappa shape index (κ2) is 4.58. The second-order valence-corrected chi connectivity index (χ2v) is 5.48. The van der Waals surface area contributed by atoms with Crippen LogP contribution in [0.25, 0.3) is 22.0 Å². The number of hydrogen-bond acceptors (Lipinski definition) is 2. The highest BCUT2D eigenvalue weighted by Gasteiger charge is 2.19. The summed E-state index contributed by atoms with van der Waals surface area (Å²) in [4.78, 5) is 4.77. The number of pyridine rings is 1. The van der Waals surface area contributed by atoms with Gasteiger partial charge in [0.2, 0.25) is 0 Å². The van der Waals surface area contributed by atoms with E-state index in [0.29, 0.717) is 0 Å². The molecule has 0 aliphatic carbocycles. The van der Waals surface area contributed by atoms with Crippen molar-refractivity contribution in [3.05, 3.63) is 64.8 Å². The van der Waals surface area contributed by atoms with E-state index in [1.165, 1.54) is 22.1 Å². The van der Waals surface area contributed by atoms with Gasteiger partial charge in [0.15, 0.2) is 0 Å². The van der Waals surface area contributed by atoms with E-state index in [9.17, 15) is 0 Å². The van der Waals surface area contributed by atoms with E-state index in [4.69, 9.17) is 16.6 Å². The standard InChI is InChI=1S/C17H13ClN2/c18-12-7-5-11(6-8-12)17-13-3-1-2-4-15(13)20-16-10-19-9-14(16)17/h1-8,19H,9-10H2. The Balaban J connectivity index is 2.08. The van der Waals surface area contributed by atoms with Gasteiger partial charge in [0, 0.05) is 23.5 Å². The van der Waals surface area contributed by atoms with Crippen LogP contribution in [0.3, 0.4) is 0 Å². The maximum atomic E-state index is 6.01. The monoisotopic (exact) mass is 280 g/mol. The van der Waals surface area contributed by atoms with Crippen LogP contribution in [0.5, 0.6) is 0 Å². The summed E-state index contributed by atoms with van der Waals surface area (Å²) in [5.74, 6) is 0. The molecule has 98 valence electrons. The Kier molecular flexibility index (Phi) is 2.72. The molecule has 2 heterocycles. The quantitative estimate of drug-likeness (QED) is 0.724. The smallest absolute Gasteiger partial charge is 0.0712 e. The normalized spacial score (nSPS) is 13.7. The van der Waals surface area contributed by atoms with Gasteiger partial charge in [-0.2, -0.15) is 0 Å². The molecule has 1 aliphatic rings. The van der Waals surface area contributed by atoms with Crippen LogP contribution in [-0.2, 0) is 13.1 Å². The molecule has 0 atom stereocenters. The van der Waals surface area contributed by atoms with Crippen molar-refractivity contribution < 1.29 is 0 Å². The van der Waals surface area contributed by atoms with Gasteiger partial charge in [-0.15, -0.1) is 0 Å². The van der Waals surface area contributed by atoms with Crippen molar-refractivity contribution in [2.45, 2.75) is 13.1 Å². The van der Waals surface area contributed by atoms with Crippen LogP contribution >= 0.6 is 11.6 Å². The first kappa shape index (κ1) is 11.9. The molecule has 0 unspecified atom stereocenters. The summed E-state index contributed by atoms with van der Waals surface area (Å²) in [6.07, 6.45) is 0. The number of hydrogen-bond donors (Lipinski definition) is 1. The molecule has 1 aromatic heterocycles. The number of para-hydroxylation sites is 1. The molecule has 1 N–H and O–H groups in total. The SMILES string of the molecule is Clc1ccc(-c2c3c(nc4ccccc24)CNC3)cc1. The summed E-state index contributed by atoms with van der Waals surface area (Å²) >= 11 is 6.01. The molecular weight excluding hydrogens is 268 g/mol. The molecule has 0 radical (unpaired) electrons. The number of rotatable bonds is 1. The van der Waals surface area contributed by atoms with Gasteiger partial charge < -0.3 is 5.32 Å². The number of nitrogens with zero attached hydrogens (tertiary/aromatic N) is 1. The molecule has 1 aliphatic heterocycles. The van der Waals surface area contributed by atoms with Crippen molar-refractivity contribution >= 4 is 22.5 Å². The largest absolute Gasteiger partial charge is 0.307 e. The summed E-state index contributed by atoms with van der Waals surface area (Å²) in [6.45, 7) is 1.73. The molecule has 3 aromatic rings. The molecule has 3 heteroatoms. The minimum absolute atomic E-state index is 0.766. The predicted octanol–water partition coefficient (Wildman–Crippen LogP) is 4.16. The van der Waals surface area contributed by atoms with E-state index < -0.39 is 0 Å². The van der Waals surface area contributed by atoms with E-state index >= 15 is 0 Å². The zero-order valence-electron chi connectivity index (χ0n) is 10.9. The Labute approximate surface area is 122 Å². The average molecular weight is 281 g/mol. The molecule has 0 saturated heterocycles. The lowest BCUT2D eigenvalue weighted by Gasteiger charge is -2.12. The minimum Gasteiger partial charge on any atom is -0.307 e. The van der Waals surface area contributed by atoms with Crippen LogP contribution in [0.4, 0.5) is 0 Å². The topological polar surface area (TPSA) is 24.9 Å². The molecule has 20 heavy (non-hydrogen) atoms. The lowest BCUT2D eigenvalue weighted by molar-refractivity contribution is 0.758. The fourth-order valence-electron chi connectivity index (χ4n) is 2.89. The van der Waals surface area contributed by atoms with Gasteiger partial charge in [-0.1, -0.05) is 41.9 Å². The molecule has 4 rings (SSSR count). The molecule has 0 fully saturated rings. The van der Waals surface area contributed by atoms with Crippen LogP contribution < -0.4 is 5.32 Å². The van der Waals surface area contributed by atoms with Crippen molar-refractivity contribution in [2.24, 2.45) is 0 Å². The number of aromatic nitrogens is 1. The van der Waals surface area contributed by atoms with Gasteiger partial charge in [0.1, 0.15) is 0 Å². The summed E-state index contributed by atoms with van der Waals surface area (Å²) in [6, 6.07) is 16.4. The third-order valence-corrected chi connectivity index (χ3v) is 4.06. The first-order valence-electron chi connectivity index (χ1n) is 6.70. The number of halogens is 1. The third kappa shape index (κ3) is 1.80. The minimum atomic E-state index is 0.766. The maximum Gasteiger partial charge on any atom is 0.0712 e. The highest BCUT2D eigenvalue weighted by Crippen LogP contribution is 2.35. The number of fused-ring (bicyclic) bond motifs is 2. The van der Waals surface area contributed by atoms with Crippen LogP contribution in [0.2, 0.25) is 5.02 Å². The summed E-state index contributed by atoms with van der Waals surface area (Å²) in [7, 11) is 0. The van der Waals surface area contributed by atoms with E-state index in [1.54, 1.807) is 0 Å². The van der Waals surface area contributed by atoms with Crippen molar-refractivity contribution in [2.75, 3.05) is 0 Å². The fourth-order valence-corrected chi connectivity index (χ4v) is 3.02. The van der Waals surface area contributed by atoms with Crippen LogP contribution in [0.1, 0.15) is 11.3 Å². The van der Waals surface area contributed by atoms with Gasteiger partial charge in [0.25, 0.3) is 0 Å². The number of nitrogens with one attached hydrogen (secondary N) is 1. The van der Waals surface area contributed by atoms with Gasteiger partial charge in [-0.3, -0.25) is 4.98 Å². The van der Waals surface area contributed by atoms with E-state index in [-0.39, 0.29) is 0 Å².